The van der Waals surface area contributed by atoms with Crippen LogP contribution in [0, 0.1) is 0 Å². The molecule has 2 N–H and O–H groups in total. The largest absolute Gasteiger partial charge is 0.393 e. The van der Waals surface area contributed by atoms with Crippen molar-refractivity contribution in [3.05, 3.63) is 29.8 Å². The van der Waals surface area contributed by atoms with E-state index in [9.17, 15) is 9.32 Å². The Morgan fingerprint density at radius 2 is 1.95 bits per heavy atom. The van der Waals surface area contributed by atoms with Gasteiger partial charge in [0.1, 0.15) is 12.7 Å². The molecule has 1 aromatic rings. The summed E-state index contributed by atoms with van der Waals surface area (Å²) in [5.41, 5.74) is 1.57. The van der Waals surface area contributed by atoms with Gasteiger partial charge in [0.05, 0.1) is 5.71 Å². The van der Waals surface area contributed by atoms with Crippen molar-refractivity contribution in [1.82, 2.24) is 5.32 Å². The maximum Gasteiger partial charge on any atom is 0.144 e. The molecule has 2 atom stereocenters. The Hall–Kier alpha value is -1.24. The third kappa shape index (κ3) is 7.15. The third-order valence-electron chi connectivity index (χ3n) is 2.94. The van der Waals surface area contributed by atoms with Crippen molar-refractivity contribution < 1.29 is 14.2 Å². The Balaban J connectivity index is 2.47. The van der Waals surface area contributed by atoms with Crippen LogP contribution in [-0.2, 0) is 15.6 Å². The van der Waals surface area contributed by atoms with Gasteiger partial charge in [-0.1, -0.05) is 17.3 Å². The maximum absolute atomic E-state index is 11.3. The number of nitrogens with zero attached hydrogens (tertiary/aromatic N) is 1. The summed E-state index contributed by atoms with van der Waals surface area (Å²) in [4.78, 5) is 5.97. The van der Waals surface area contributed by atoms with Gasteiger partial charge in [0.15, 0.2) is 0 Å². The van der Waals surface area contributed by atoms with Crippen molar-refractivity contribution in [3.8, 4) is 0 Å². The lowest BCUT2D eigenvalue weighted by Crippen LogP contribution is -2.42. The lowest BCUT2D eigenvalue weighted by Gasteiger charge is -2.22. The van der Waals surface area contributed by atoms with E-state index in [1.165, 1.54) is 0 Å². The zero-order chi connectivity index (χ0) is 16.8. The Labute approximate surface area is 135 Å². The number of benzene rings is 1. The zero-order valence-electron chi connectivity index (χ0n) is 13.9. The van der Waals surface area contributed by atoms with Gasteiger partial charge in [-0.05, 0) is 45.4 Å². The van der Waals surface area contributed by atoms with Crippen LogP contribution in [0.3, 0.4) is 0 Å². The van der Waals surface area contributed by atoms with Crippen LogP contribution in [0.15, 0.2) is 34.3 Å². The van der Waals surface area contributed by atoms with Gasteiger partial charge in [0, 0.05) is 34.0 Å². The van der Waals surface area contributed by atoms with Crippen molar-refractivity contribution in [2.24, 2.45) is 5.16 Å². The second-order valence-electron chi connectivity index (χ2n) is 6.24. The molecule has 6 heteroatoms. The number of aliphatic hydroxyl groups excluding tert-OH is 1. The smallest absolute Gasteiger partial charge is 0.144 e. The number of hydrogen-bond donors (Lipinski definition) is 2. The molecule has 0 saturated carbocycles. The summed E-state index contributed by atoms with van der Waals surface area (Å²) in [6.45, 7) is 8.53. The lowest BCUT2D eigenvalue weighted by molar-refractivity contribution is 0.0373. The van der Waals surface area contributed by atoms with Crippen LogP contribution in [0.25, 0.3) is 0 Å². The van der Waals surface area contributed by atoms with E-state index >= 15 is 0 Å². The molecular formula is C16H26N2O3S. The molecule has 0 fully saturated rings. The first-order chi connectivity index (χ1) is 10.2. The van der Waals surface area contributed by atoms with Crippen LogP contribution in [0.5, 0.6) is 0 Å². The molecule has 0 amide bonds. The first-order valence-electron chi connectivity index (χ1n) is 7.22. The second kappa shape index (κ2) is 8.41. The van der Waals surface area contributed by atoms with Crippen molar-refractivity contribution in [2.75, 3.05) is 19.4 Å². The van der Waals surface area contributed by atoms with E-state index in [0.29, 0.717) is 12.3 Å². The van der Waals surface area contributed by atoms with Crippen LogP contribution in [-0.4, -0.2) is 46.1 Å². The Bertz CT molecular complexity index is 521. The van der Waals surface area contributed by atoms with Gasteiger partial charge in [0.25, 0.3) is 0 Å². The predicted molar refractivity (Wildman–Crippen MR) is 90.7 cm³/mol. The summed E-state index contributed by atoms with van der Waals surface area (Å²) in [5, 5.41) is 17.0. The highest BCUT2D eigenvalue weighted by atomic mass is 32.2. The fourth-order valence-corrected chi connectivity index (χ4v) is 2.16. The molecule has 2 unspecified atom stereocenters. The van der Waals surface area contributed by atoms with Crippen LogP contribution >= 0.6 is 0 Å². The first-order valence-corrected chi connectivity index (χ1v) is 8.78. The number of rotatable bonds is 7. The van der Waals surface area contributed by atoms with Crippen molar-refractivity contribution in [1.29, 1.82) is 0 Å². The monoisotopic (exact) mass is 326 g/mol. The van der Waals surface area contributed by atoms with E-state index in [1.54, 1.807) is 6.26 Å². The van der Waals surface area contributed by atoms with E-state index < -0.39 is 16.9 Å². The summed E-state index contributed by atoms with van der Waals surface area (Å²) in [7, 11) is -0.983. The first kappa shape index (κ1) is 18.8. The minimum absolute atomic E-state index is 0.0404. The highest BCUT2D eigenvalue weighted by Gasteiger charge is 2.12. The van der Waals surface area contributed by atoms with Gasteiger partial charge < -0.3 is 15.3 Å². The average molecular weight is 326 g/mol. The highest BCUT2D eigenvalue weighted by molar-refractivity contribution is 7.84. The third-order valence-corrected chi connectivity index (χ3v) is 3.88. The molecule has 0 aliphatic heterocycles. The highest BCUT2D eigenvalue weighted by Crippen LogP contribution is 2.09. The van der Waals surface area contributed by atoms with Gasteiger partial charge >= 0.3 is 0 Å². The quantitative estimate of drug-likeness (QED) is 0.593. The predicted octanol–water partition coefficient (Wildman–Crippen LogP) is 1.91. The van der Waals surface area contributed by atoms with Crippen molar-refractivity contribution in [2.45, 2.75) is 44.2 Å². The number of β-amino-alcohol motifs (C(OH)–C–C–N with tert-alkyl or cyclic N) is 1. The van der Waals surface area contributed by atoms with Crippen molar-refractivity contribution >= 4 is 16.5 Å². The summed E-state index contributed by atoms with van der Waals surface area (Å²) < 4.78 is 11.3. The fourth-order valence-electron chi connectivity index (χ4n) is 1.64. The van der Waals surface area contributed by atoms with E-state index in [1.807, 2.05) is 52.0 Å². The topological polar surface area (TPSA) is 70.9 Å². The molecule has 0 aromatic heterocycles. The lowest BCUT2D eigenvalue weighted by atomic mass is 10.1. The van der Waals surface area contributed by atoms with Crippen LogP contribution < -0.4 is 5.32 Å². The maximum atomic E-state index is 11.3. The standard InChI is InChI=1S/C16H26N2O3S/c1-12(13-6-8-15(9-7-13)22(5)20)18-21-11-14(19)10-17-16(2,3)4/h6-9,14,17,19H,10-11H2,1-5H3/b18-12+. The Kier molecular flexibility index (Phi) is 7.19. The van der Waals surface area contributed by atoms with Gasteiger partial charge in [-0.3, -0.25) is 4.21 Å². The van der Waals surface area contributed by atoms with E-state index in [2.05, 4.69) is 10.5 Å². The molecule has 0 aliphatic carbocycles. The molecule has 5 nitrogen and oxygen atoms in total. The van der Waals surface area contributed by atoms with E-state index in [-0.39, 0.29) is 12.1 Å². The van der Waals surface area contributed by atoms with Gasteiger partial charge in [-0.2, -0.15) is 0 Å². The molecule has 124 valence electrons. The average Bonchev–Trinajstić information content (AvgIpc) is 2.44. The number of oxime groups is 1. The van der Waals surface area contributed by atoms with Gasteiger partial charge in [-0.15, -0.1) is 0 Å². The summed E-state index contributed by atoms with van der Waals surface area (Å²) in [5.74, 6) is 0. The SMILES string of the molecule is C/C(=N\OCC(O)CNC(C)(C)C)c1ccc(S(C)=O)cc1. The molecule has 0 radical (unpaired) electrons. The number of aliphatic hydroxyl groups is 1. The summed E-state index contributed by atoms with van der Waals surface area (Å²) in [6, 6.07) is 7.34. The zero-order valence-corrected chi connectivity index (χ0v) is 14.7. The fraction of sp³-hybridized carbons (Fsp3) is 0.562. The number of hydrogen-bond acceptors (Lipinski definition) is 5. The normalized spacial score (nSPS) is 15.5. The Morgan fingerprint density at radius 1 is 1.36 bits per heavy atom. The van der Waals surface area contributed by atoms with Crippen LogP contribution in [0.4, 0.5) is 0 Å². The molecule has 22 heavy (non-hydrogen) atoms. The van der Waals surface area contributed by atoms with Gasteiger partial charge in [-0.25, -0.2) is 0 Å². The molecule has 0 heterocycles. The summed E-state index contributed by atoms with van der Waals surface area (Å²) >= 11 is 0. The summed E-state index contributed by atoms with van der Waals surface area (Å²) in [6.07, 6.45) is 1.03. The minimum atomic E-state index is -0.983. The second-order valence-corrected chi connectivity index (χ2v) is 7.62. The molecule has 1 rings (SSSR count). The molecule has 0 spiro atoms. The molecule has 1 aromatic carbocycles. The minimum Gasteiger partial charge on any atom is -0.393 e. The van der Waals surface area contributed by atoms with Crippen LogP contribution in [0.1, 0.15) is 33.3 Å². The molecular weight excluding hydrogens is 300 g/mol. The van der Waals surface area contributed by atoms with E-state index in [4.69, 9.17) is 4.84 Å². The molecule has 0 aliphatic rings. The molecule has 0 bridgehead atoms. The van der Waals surface area contributed by atoms with Crippen LogP contribution in [0.2, 0.25) is 0 Å². The Morgan fingerprint density at radius 3 is 2.45 bits per heavy atom. The molecule has 0 saturated heterocycles. The van der Waals surface area contributed by atoms with Crippen molar-refractivity contribution in [3.63, 3.8) is 0 Å². The van der Waals surface area contributed by atoms with Gasteiger partial charge in [0.2, 0.25) is 0 Å². The van der Waals surface area contributed by atoms with E-state index in [0.717, 1.165) is 10.5 Å². The number of nitrogens with one attached hydrogen (secondary N) is 1.